The molecule has 1 saturated heterocycles. The van der Waals surface area contributed by atoms with Gasteiger partial charge in [0.1, 0.15) is 0 Å². The normalized spacial score (nSPS) is 24.2. The lowest BCUT2D eigenvalue weighted by molar-refractivity contribution is -0.120. The topological polar surface area (TPSA) is 54.0 Å². The molecule has 0 saturated carbocycles. The zero-order chi connectivity index (χ0) is 12.4. The number of thiazole rings is 1. The maximum absolute atomic E-state index is 12.0. The molecule has 17 heavy (non-hydrogen) atoms. The first-order chi connectivity index (χ1) is 8.08. The summed E-state index contributed by atoms with van der Waals surface area (Å²) in [6.45, 7) is 8.00. The quantitative estimate of drug-likeness (QED) is 0.867. The third-order valence-corrected chi connectivity index (χ3v) is 3.97. The van der Waals surface area contributed by atoms with Gasteiger partial charge in [-0.3, -0.25) is 4.79 Å². The number of carbonyl (C=O) groups excluding carboxylic acids is 1. The second-order valence-electron chi connectivity index (χ2n) is 4.96. The summed E-state index contributed by atoms with van der Waals surface area (Å²) in [5.74, 6) is 0.970. The monoisotopic (exact) mass is 253 g/mol. The van der Waals surface area contributed by atoms with Crippen LogP contribution in [0.1, 0.15) is 32.4 Å². The van der Waals surface area contributed by atoms with Gasteiger partial charge in [0.2, 0.25) is 5.91 Å². The van der Waals surface area contributed by atoms with E-state index in [2.05, 4.69) is 36.4 Å². The highest BCUT2D eigenvalue weighted by Gasteiger charge is 2.29. The van der Waals surface area contributed by atoms with Crippen LogP contribution in [0.25, 0.3) is 0 Å². The van der Waals surface area contributed by atoms with E-state index >= 15 is 0 Å². The molecule has 1 aliphatic rings. The third-order valence-electron chi connectivity index (χ3n) is 3.20. The molecule has 0 radical (unpaired) electrons. The first kappa shape index (κ1) is 12.5. The predicted octanol–water partition coefficient (Wildman–Crippen LogP) is 2.06. The zero-order valence-corrected chi connectivity index (χ0v) is 11.3. The van der Waals surface area contributed by atoms with Crippen LogP contribution in [0.15, 0.2) is 5.38 Å². The highest BCUT2D eigenvalue weighted by atomic mass is 32.1. The molecule has 1 amide bonds. The molecule has 2 rings (SSSR count). The molecule has 0 bridgehead atoms. The molecule has 94 valence electrons. The van der Waals surface area contributed by atoms with Crippen LogP contribution in [0.3, 0.4) is 0 Å². The Balaban J connectivity index is 1.97. The Morgan fingerprint density at radius 3 is 2.88 bits per heavy atom. The van der Waals surface area contributed by atoms with Crippen molar-refractivity contribution < 1.29 is 4.79 Å². The van der Waals surface area contributed by atoms with Crippen LogP contribution < -0.4 is 10.6 Å². The zero-order valence-electron chi connectivity index (χ0n) is 10.5. The van der Waals surface area contributed by atoms with Gasteiger partial charge in [-0.1, -0.05) is 20.8 Å². The fourth-order valence-electron chi connectivity index (χ4n) is 1.97. The Morgan fingerprint density at radius 1 is 1.59 bits per heavy atom. The molecule has 1 aromatic heterocycles. The molecular weight excluding hydrogens is 234 g/mol. The molecule has 2 atom stereocenters. The minimum Gasteiger partial charge on any atom is -0.316 e. The van der Waals surface area contributed by atoms with E-state index in [0.717, 1.165) is 23.9 Å². The summed E-state index contributed by atoms with van der Waals surface area (Å²) in [4.78, 5) is 16.4. The summed E-state index contributed by atoms with van der Waals surface area (Å²) < 4.78 is 0. The fraction of sp³-hybridized carbons (Fsp3) is 0.667. The lowest BCUT2D eigenvalue weighted by Gasteiger charge is -2.12. The molecule has 1 aliphatic heterocycles. The van der Waals surface area contributed by atoms with Crippen molar-refractivity contribution in [3.05, 3.63) is 11.1 Å². The number of amides is 1. The highest BCUT2D eigenvalue weighted by Crippen LogP contribution is 2.23. The van der Waals surface area contributed by atoms with E-state index in [1.807, 2.05) is 5.38 Å². The van der Waals surface area contributed by atoms with E-state index in [4.69, 9.17) is 0 Å². The third kappa shape index (κ3) is 2.84. The summed E-state index contributed by atoms with van der Waals surface area (Å²) in [6.07, 6.45) is 0. The van der Waals surface area contributed by atoms with Gasteiger partial charge in [-0.15, -0.1) is 11.3 Å². The van der Waals surface area contributed by atoms with Gasteiger partial charge in [0.25, 0.3) is 0 Å². The smallest absolute Gasteiger partial charge is 0.230 e. The van der Waals surface area contributed by atoms with Gasteiger partial charge in [-0.2, -0.15) is 0 Å². The molecule has 4 nitrogen and oxygen atoms in total. The molecule has 0 aliphatic carbocycles. The van der Waals surface area contributed by atoms with Crippen molar-refractivity contribution in [2.24, 2.45) is 11.8 Å². The number of carbonyl (C=O) groups is 1. The van der Waals surface area contributed by atoms with Crippen molar-refractivity contribution in [1.29, 1.82) is 0 Å². The predicted molar refractivity (Wildman–Crippen MR) is 70.4 cm³/mol. The number of aromatic nitrogens is 1. The Hall–Kier alpha value is -0.940. The largest absolute Gasteiger partial charge is 0.316 e. The van der Waals surface area contributed by atoms with E-state index in [0.29, 0.717) is 11.8 Å². The second kappa shape index (κ2) is 5.14. The van der Waals surface area contributed by atoms with Gasteiger partial charge >= 0.3 is 0 Å². The lowest BCUT2D eigenvalue weighted by atomic mass is 9.97. The molecule has 1 aromatic rings. The van der Waals surface area contributed by atoms with Gasteiger partial charge in [0, 0.05) is 11.9 Å². The molecule has 0 aromatic carbocycles. The number of rotatable bonds is 3. The van der Waals surface area contributed by atoms with E-state index in [-0.39, 0.29) is 11.8 Å². The van der Waals surface area contributed by atoms with Gasteiger partial charge in [0.15, 0.2) is 5.13 Å². The number of hydrogen-bond donors (Lipinski definition) is 2. The highest BCUT2D eigenvalue weighted by molar-refractivity contribution is 7.13. The molecule has 5 heteroatoms. The maximum atomic E-state index is 12.0. The van der Waals surface area contributed by atoms with Crippen molar-refractivity contribution in [2.45, 2.75) is 26.7 Å². The lowest BCUT2D eigenvalue weighted by Crippen LogP contribution is -2.27. The average molecular weight is 253 g/mol. The Bertz CT molecular complexity index is 402. The van der Waals surface area contributed by atoms with Crippen molar-refractivity contribution in [3.8, 4) is 0 Å². The van der Waals surface area contributed by atoms with Crippen molar-refractivity contribution >= 4 is 22.4 Å². The number of nitrogens with one attached hydrogen (secondary N) is 2. The van der Waals surface area contributed by atoms with Crippen molar-refractivity contribution in [1.82, 2.24) is 10.3 Å². The van der Waals surface area contributed by atoms with Gasteiger partial charge in [-0.05, 0) is 18.4 Å². The van der Waals surface area contributed by atoms with Crippen LogP contribution in [0.2, 0.25) is 0 Å². The molecular formula is C12H19N3OS. The van der Waals surface area contributed by atoms with Crippen LogP contribution >= 0.6 is 11.3 Å². The van der Waals surface area contributed by atoms with Crippen molar-refractivity contribution in [2.75, 3.05) is 18.4 Å². The van der Waals surface area contributed by atoms with Crippen molar-refractivity contribution in [3.63, 3.8) is 0 Å². The number of anilines is 1. The van der Waals surface area contributed by atoms with Crippen LogP contribution in [0.4, 0.5) is 5.13 Å². The number of nitrogens with zero attached hydrogens (tertiary/aromatic N) is 1. The van der Waals surface area contributed by atoms with E-state index in [1.165, 1.54) is 11.3 Å². The standard InChI is InChI=1S/C12H19N3OS/c1-7(2)10-6-17-12(14-10)15-11(16)9-5-13-4-8(9)3/h6-9,13H,4-5H2,1-3H3,(H,14,15,16). The minimum atomic E-state index is 0.0707. The van der Waals surface area contributed by atoms with E-state index in [9.17, 15) is 4.79 Å². The summed E-state index contributed by atoms with van der Waals surface area (Å²) in [6, 6.07) is 0. The van der Waals surface area contributed by atoms with Gasteiger partial charge in [-0.25, -0.2) is 4.98 Å². The second-order valence-corrected chi connectivity index (χ2v) is 5.82. The molecule has 2 heterocycles. The van der Waals surface area contributed by atoms with Gasteiger partial charge < -0.3 is 10.6 Å². The van der Waals surface area contributed by atoms with Crippen LogP contribution in [0.5, 0.6) is 0 Å². The van der Waals surface area contributed by atoms with Crippen LogP contribution in [-0.4, -0.2) is 24.0 Å². The Labute approximate surface area is 106 Å². The molecule has 2 unspecified atom stereocenters. The summed E-state index contributed by atoms with van der Waals surface area (Å²) >= 11 is 1.50. The van der Waals surface area contributed by atoms with Gasteiger partial charge in [0.05, 0.1) is 11.6 Å². The number of hydrogen-bond acceptors (Lipinski definition) is 4. The summed E-state index contributed by atoms with van der Waals surface area (Å²) in [7, 11) is 0. The fourth-order valence-corrected chi connectivity index (χ4v) is 2.84. The summed E-state index contributed by atoms with van der Waals surface area (Å²) in [5.41, 5.74) is 1.04. The molecule has 2 N–H and O–H groups in total. The Morgan fingerprint density at radius 2 is 2.35 bits per heavy atom. The summed E-state index contributed by atoms with van der Waals surface area (Å²) in [5, 5.41) is 8.88. The molecule has 1 fully saturated rings. The first-order valence-electron chi connectivity index (χ1n) is 6.05. The first-order valence-corrected chi connectivity index (χ1v) is 6.93. The Kier molecular flexibility index (Phi) is 3.79. The van der Waals surface area contributed by atoms with E-state index < -0.39 is 0 Å². The van der Waals surface area contributed by atoms with Crippen LogP contribution in [0, 0.1) is 11.8 Å². The average Bonchev–Trinajstić information content (AvgIpc) is 2.86. The SMILES string of the molecule is CC(C)c1csc(NC(=O)C2CNCC2C)n1. The van der Waals surface area contributed by atoms with Crippen LogP contribution in [-0.2, 0) is 4.79 Å². The minimum absolute atomic E-state index is 0.0707. The maximum Gasteiger partial charge on any atom is 0.230 e. The molecule has 0 spiro atoms. The van der Waals surface area contributed by atoms with E-state index in [1.54, 1.807) is 0 Å².